The number of nitrogens with zero attached hydrogens (tertiary/aromatic N) is 1. The van der Waals surface area contributed by atoms with Gasteiger partial charge in [0.15, 0.2) is 0 Å². The first-order valence-corrected chi connectivity index (χ1v) is 8.66. The molecule has 4 nitrogen and oxygen atoms in total. The Morgan fingerprint density at radius 3 is 1.26 bits per heavy atom. The molecule has 1 saturated heterocycles. The molecule has 0 unspecified atom stereocenters. The number of benzene rings is 1. The summed E-state index contributed by atoms with van der Waals surface area (Å²) >= 11 is 0. The van der Waals surface area contributed by atoms with Crippen molar-refractivity contribution >= 4 is 24.8 Å². The van der Waals surface area contributed by atoms with Crippen LogP contribution >= 0.6 is 24.8 Å². The van der Waals surface area contributed by atoms with Crippen LogP contribution < -0.4 is 16.0 Å². The van der Waals surface area contributed by atoms with Gasteiger partial charge in [0.1, 0.15) is 0 Å². The van der Waals surface area contributed by atoms with Crippen LogP contribution in [0.4, 0.5) is 0 Å². The van der Waals surface area contributed by atoms with Crippen LogP contribution in [0.25, 0.3) is 5.32 Å². The van der Waals surface area contributed by atoms with Crippen molar-refractivity contribution in [3.8, 4) is 0 Å². The van der Waals surface area contributed by atoms with Crippen molar-refractivity contribution in [3.63, 3.8) is 0 Å². The Kier molecular flexibility index (Phi) is 47.7. The molecule has 1 aliphatic rings. The van der Waals surface area contributed by atoms with Gasteiger partial charge in [-0.3, -0.25) is 0 Å². The van der Waals surface area contributed by atoms with E-state index in [1.807, 2.05) is 30.3 Å². The molecule has 1 aromatic rings. The molecule has 158 valence electrons. The van der Waals surface area contributed by atoms with Crippen molar-refractivity contribution in [2.24, 2.45) is 0 Å². The minimum absolute atomic E-state index is 0. The van der Waals surface area contributed by atoms with E-state index in [1.54, 1.807) is 0 Å². The van der Waals surface area contributed by atoms with Crippen molar-refractivity contribution in [2.75, 3.05) is 52.4 Å². The number of hydrogen-bond acceptors (Lipinski definition) is 3. The minimum Gasteiger partial charge on any atom is -0.662 e. The Labute approximate surface area is 196 Å². The Hall–Kier alpha value is 0.354. The van der Waals surface area contributed by atoms with E-state index in [9.17, 15) is 0 Å². The van der Waals surface area contributed by atoms with Crippen molar-refractivity contribution in [1.29, 1.82) is 0 Å². The van der Waals surface area contributed by atoms with Gasteiger partial charge < -0.3 is 36.1 Å². The second-order valence-electron chi connectivity index (χ2n) is 5.41. The Balaban J connectivity index is -0.000000128. The topological polar surface area (TPSA) is 50.2 Å². The SMILES string of the molecule is C1C[N-]CCCNCCCNCCCNC1.Cl.Cl.[CH3-].[CH3-].[Ti+4].[c-]1ccccc1. The summed E-state index contributed by atoms with van der Waals surface area (Å²) < 4.78 is 0. The molecule has 0 spiro atoms. The third-order valence-electron chi connectivity index (χ3n) is 3.36. The zero-order chi connectivity index (χ0) is 15.6. The molecular weight excluding hydrogens is 415 g/mol. The molecule has 3 N–H and O–H groups in total. The van der Waals surface area contributed by atoms with Crippen LogP contribution in [0, 0.1) is 20.9 Å². The molecule has 1 aromatic carbocycles. The van der Waals surface area contributed by atoms with Gasteiger partial charge in [-0.15, -0.1) is 37.9 Å². The maximum atomic E-state index is 4.51. The van der Waals surface area contributed by atoms with E-state index in [1.165, 1.54) is 25.7 Å². The summed E-state index contributed by atoms with van der Waals surface area (Å²) in [6, 6.07) is 12.5. The monoisotopic (exact) mass is 454 g/mol. The Bertz CT molecular complexity index is 231. The van der Waals surface area contributed by atoms with Gasteiger partial charge in [-0.25, -0.2) is 0 Å². The molecule has 0 bridgehead atoms. The number of rotatable bonds is 0. The molecule has 0 atom stereocenters. The van der Waals surface area contributed by atoms with Crippen LogP contribution in [-0.2, 0) is 21.7 Å². The van der Waals surface area contributed by atoms with Crippen LogP contribution in [0.1, 0.15) is 25.7 Å². The van der Waals surface area contributed by atoms with Gasteiger partial charge in [-0.2, -0.15) is 36.4 Å². The fraction of sp³-hybridized carbons (Fsp3) is 0.600. The summed E-state index contributed by atoms with van der Waals surface area (Å²) in [6.45, 7) is 8.80. The first-order valence-electron chi connectivity index (χ1n) is 8.66. The summed E-state index contributed by atoms with van der Waals surface area (Å²) in [5, 5.41) is 14.9. The maximum absolute atomic E-state index is 4.51. The number of hydrogen-bond donors (Lipinski definition) is 3. The molecule has 0 saturated carbocycles. The summed E-state index contributed by atoms with van der Waals surface area (Å²) in [6.07, 6.45) is 4.82. The van der Waals surface area contributed by atoms with Gasteiger partial charge in [0, 0.05) is 0 Å². The molecule has 27 heavy (non-hydrogen) atoms. The molecule has 1 heterocycles. The van der Waals surface area contributed by atoms with E-state index in [0.29, 0.717) is 0 Å². The van der Waals surface area contributed by atoms with Crippen molar-refractivity contribution in [2.45, 2.75) is 25.7 Å². The van der Waals surface area contributed by atoms with E-state index < -0.39 is 0 Å². The van der Waals surface area contributed by atoms with Crippen LogP contribution in [-0.4, -0.2) is 52.4 Å². The molecule has 0 aromatic heterocycles. The second kappa shape index (κ2) is 33.9. The van der Waals surface area contributed by atoms with E-state index >= 15 is 0 Å². The quantitative estimate of drug-likeness (QED) is 0.411. The molecule has 1 fully saturated rings. The normalized spacial score (nSPS) is 16.0. The van der Waals surface area contributed by atoms with E-state index in [-0.39, 0.29) is 61.4 Å². The predicted molar refractivity (Wildman–Crippen MR) is 123 cm³/mol. The standard InChI is InChI=1S/C12H27N4.C6H5.2CH3.2ClH.Ti/c1-5-13-7-2-9-15-11-4-12-16-10-3-8-14-6-1;1-2-4-6-5-3-1;;;;;/h13-15H,1-12H2;1-5H;2*1H3;2*1H;/q4*-1;;;+4. The summed E-state index contributed by atoms with van der Waals surface area (Å²) in [7, 11) is 0. The average molecular weight is 455 g/mol. The minimum atomic E-state index is 0. The fourth-order valence-corrected chi connectivity index (χ4v) is 2.14. The van der Waals surface area contributed by atoms with E-state index in [4.69, 9.17) is 0 Å². The number of nitrogens with one attached hydrogen (secondary N) is 3. The fourth-order valence-electron chi connectivity index (χ4n) is 2.14. The van der Waals surface area contributed by atoms with Gasteiger partial charge in [-0.05, 0) is 52.1 Å². The number of halogens is 2. The largest absolute Gasteiger partial charge is 4.00 e. The summed E-state index contributed by atoms with van der Waals surface area (Å²) in [4.78, 5) is 0. The van der Waals surface area contributed by atoms with Crippen LogP contribution in [0.2, 0.25) is 0 Å². The molecule has 0 amide bonds. The third kappa shape index (κ3) is 31.3. The first-order chi connectivity index (χ1) is 11.0. The predicted octanol–water partition coefficient (Wildman–Crippen LogP) is 3.93. The molecular formula is C20H40Cl2N4Ti. The third-order valence-corrected chi connectivity index (χ3v) is 3.36. The van der Waals surface area contributed by atoms with Gasteiger partial charge in [0.2, 0.25) is 0 Å². The van der Waals surface area contributed by atoms with Crippen molar-refractivity contribution < 1.29 is 21.7 Å². The van der Waals surface area contributed by atoms with E-state index in [0.717, 1.165) is 52.4 Å². The summed E-state index contributed by atoms with van der Waals surface area (Å²) in [5.41, 5.74) is 0. The van der Waals surface area contributed by atoms with Crippen molar-refractivity contribution in [3.05, 3.63) is 56.6 Å². The maximum Gasteiger partial charge on any atom is 4.00 e. The summed E-state index contributed by atoms with van der Waals surface area (Å²) in [5.74, 6) is 0. The van der Waals surface area contributed by atoms with Gasteiger partial charge >= 0.3 is 21.7 Å². The van der Waals surface area contributed by atoms with Gasteiger partial charge in [0.25, 0.3) is 0 Å². The van der Waals surface area contributed by atoms with Crippen LogP contribution in [0.3, 0.4) is 0 Å². The van der Waals surface area contributed by atoms with Gasteiger partial charge in [-0.1, -0.05) is 12.8 Å². The Morgan fingerprint density at radius 2 is 0.963 bits per heavy atom. The first kappa shape index (κ1) is 38.0. The molecule has 7 heteroatoms. The molecule has 2 rings (SSSR count). The Morgan fingerprint density at radius 1 is 0.593 bits per heavy atom. The van der Waals surface area contributed by atoms with Crippen LogP contribution in [0.5, 0.6) is 0 Å². The van der Waals surface area contributed by atoms with Gasteiger partial charge in [0.05, 0.1) is 0 Å². The smallest absolute Gasteiger partial charge is 0.662 e. The zero-order valence-electron chi connectivity index (χ0n) is 17.1. The second-order valence-corrected chi connectivity index (χ2v) is 5.41. The molecule has 1 aliphatic heterocycles. The van der Waals surface area contributed by atoms with Crippen molar-refractivity contribution in [1.82, 2.24) is 16.0 Å². The van der Waals surface area contributed by atoms with Crippen LogP contribution in [0.15, 0.2) is 30.3 Å². The molecule has 0 aliphatic carbocycles. The zero-order valence-corrected chi connectivity index (χ0v) is 20.3. The van der Waals surface area contributed by atoms with E-state index in [2.05, 4.69) is 27.3 Å². The molecule has 0 radical (unpaired) electrons. The average Bonchev–Trinajstić information content (AvgIpc) is 2.57.